The van der Waals surface area contributed by atoms with Crippen molar-refractivity contribution in [2.75, 3.05) is 0 Å². The maximum Gasteiger partial charge on any atom is 0.260 e. The highest BCUT2D eigenvalue weighted by Crippen LogP contribution is 2.23. The molecule has 1 N–H and O–H groups in total. The van der Waals surface area contributed by atoms with E-state index in [1.807, 2.05) is 18.2 Å². The Hall–Kier alpha value is -3.08. The molecule has 0 atom stereocenters. The molecular weight excluding hydrogens is 300 g/mol. The SMILES string of the molecule is O=c1[nH]c(CCC2=NC(c3ccccc3)=CC2)nc2ccncc12. The van der Waals surface area contributed by atoms with Crippen LogP contribution in [0.5, 0.6) is 0 Å². The molecular formula is C19H16N4O. The number of aromatic nitrogens is 3. The molecule has 5 heteroatoms. The van der Waals surface area contributed by atoms with Gasteiger partial charge in [-0.1, -0.05) is 36.4 Å². The van der Waals surface area contributed by atoms with Crippen molar-refractivity contribution in [2.45, 2.75) is 19.3 Å². The van der Waals surface area contributed by atoms with E-state index in [1.165, 1.54) is 0 Å². The van der Waals surface area contributed by atoms with E-state index in [4.69, 9.17) is 4.99 Å². The number of nitrogens with zero attached hydrogens (tertiary/aromatic N) is 3. The summed E-state index contributed by atoms with van der Waals surface area (Å²) in [5.41, 5.74) is 3.82. The summed E-state index contributed by atoms with van der Waals surface area (Å²) in [4.78, 5) is 28.1. The average molecular weight is 316 g/mol. The van der Waals surface area contributed by atoms with Crippen LogP contribution in [0.2, 0.25) is 0 Å². The van der Waals surface area contributed by atoms with Gasteiger partial charge in [0.15, 0.2) is 0 Å². The fourth-order valence-electron chi connectivity index (χ4n) is 2.84. The summed E-state index contributed by atoms with van der Waals surface area (Å²) in [6.07, 6.45) is 7.64. The van der Waals surface area contributed by atoms with Gasteiger partial charge in [-0.25, -0.2) is 4.98 Å². The number of aromatic amines is 1. The molecule has 2 aromatic heterocycles. The largest absolute Gasteiger partial charge is 0.310 e. The number of hydrogen-bond donors (Lipinski definition) is 1. The zero-order valence-electron chi connectivity index (χ0n) is 13.1. The van der Waals surface area contributed by atoms with Crippen molar-refractivity contribution in [3.63, 3.8) is 0 Å². The topological polar surface area (TPSA) is 71.0 Å². The van der Waals surface area contributed by atoms with Crippen LogP contribution < -0.4 is 5.56 Å². The second-order valence-corrected chi connectivity index (χ2v) is 5.74. The fraction of sp³-hybridized carbons (Fsp3) is 0.158. The molecule has 1 aliphatic heterocycles. The number of rotatable bonds is 4. The summed E-state index contributed by atoms with van der Waals surface area (Å²) in [7, 11) is 0. The average Bonchev–Trinajstić information content (AvgIpc) is 3.10. The van der Waals surface area contributed by atoms with E-state index in [2.05, 4.69) is 33.2 Å². The first-order chi connectivity index (χ1) is 11.8. The quantitative estimate of drug-likeness (QED) is 0.804. The van der Waals surface area contributed by atoms with Crippen LogP contribution in [-0.2, 0) is 6.42 Å². The number of aryl methyl sites for hydroxylation is 1. The minimum absolute atomic E-state index is 0.139. The van der Waals surface area contributed by atoms with Crippen LogP contribution in [-0.4, -0.2) is 20.7 Å². The van der Waals surface area contributed by atoms with Gasteiger partial charge in [0.05, 0.1) is 16.6 Å². The Kier molecular flexibility index (Phi) is 3.75. The number of nitrogens with one attached hydrogen (secondary N) is 1. The number of allylic oxidation sites excluding steroid dienone is 1. The summed E-state index contributed by atoms with van der Waals surface area (Å²) in [5.74, 6) is 0.689. The van der Waals surface area contributed by atoms with Crippen LogP contribution in [0.25, 0.3) is 16.6 Å². The van der Waals surface area contributed by atoms with Gasteiger partial charge < -0.3 is 4.98 Å². The summed E-state index contributed by atoms with van der Waals surface area (Å²) in [5, 5.41) is 0.521. The third kappa shape index (κ3) is 2.88. The van der Waals surface area contributed by atoms with E-state index in [1.54, 1.807) is 18.5 Å². The third-order valence-corrected chi connectivity index (χ3v) is 4.09. The highest BCUT2D eigenvalue weighted by molar-refractivity contribution is 5.95. The summed E-state index contributed by atoms with van der Waals surface area (Å²) < 4.78 is 0. The van der Waals surface area contributed by atoms with Crippen molar-refractivity contribution in [2.24, 2.45) is 4.99 Å². The van der Waals surface area contributed by atoms with Crippen molar-refractivity contribution >= 4 is 22.3 Å². The van der Waals surface area contributed by atoms with Gasteiger partial charge in [-0.15, -0.1) is 0 Å². The van der Waals surface area contributed by atoms with Crippen molar-refractivity contribution in [1.82, 2.24) is 15.0 Å². The minimum Gasteiger partial charge on any atom is -0.310 e. The molecule has 0 saturated heterocycles. The Balaban J connectivity index is 1.49. The maximum atomic E-state index is 12.1. The fourth-order valence-corrected chi connectivity index (χ4v) is 2.84. The number of fused-ring (bicyclic) bond motifs is 1. The van der Waals surface area contributed by atoms with Crippen molar-refractivity contribution in [1.29, 1.82) is 0 Å². The molecule has 5 nitrogen and oxygen atoms in total. The minimum atomic E-state index is -0.139. The monoisotopic (exact) mass is 316 g/mol. The molecule has 1 aromatic carbocycles. The van der Waals surface area contributed by atoms with E-state index in [0.717, 1.165) is 29.8 Å². The van der Waals surface area contributed by atoms with E-state index < -0.39 is 0 Å². The van der Waals surface area contributed by atoms with Crippen LogP contribution in [0.15, 0.2) is 64.7 Å². The molecule has 0 fully saturated rings. The molecule has 0 aliphatic carbocycles. The first-order valence-corrected chi connectivity index (χ1v) is 7.94. The van der Waals surface area contributed by atoms with Gasteiger partial charge in [0.1, 0.15) is 5.82 Å². The van der Waals surface area contributed by atoms with E-state index in [9.17, 15) is 4.79 Å². The Bertz CT molecular complexity index is 1000. The molecule has 1 aliphatic rings. The van der Waals surface area contributed by atoms with Crippen molar-refractivity contribution in [3.05, 3.63) is 76.6 Å². The standard InChI is InChI=1S/C19H16N4O/c24-19-15-12-20-11-10-17(15)22-18(23-19)9-7-14-6-8-16(21-14)13-4-2-1-3-5-13/h1-5,8,10-12H,6-7,9H2,(H,22,23,24). The second-order valence-electron chi connectivity index (χ2n) is 5.74. The lowest BCUT2D eigenvalue weighted by Crippen LogP contribution is -2.13. The van der Waals surface area contributed by atoms with Crippen LogP contribution in [0.4, 0.5) is 0 Å². The molecule has 0 saturated carbocycles. The van der Waals surface area contributed by atoms with Crippen molar-refractivity contribution in [3.8, 4) is 0 Å². The lowest BCUT2D eigenvalue weighted by atomic mass is 10.1. The number of H-pyrrole nitrogens is 1. The molecule has 4 rings (SSSR count). The lowest BCUT2D eigenvalue weighted by molar-refractivity contribution is 0.895. The molecule has 24 heavy (non-hydrogen) atoms. The normalized spacial score (nSPS) is 13.8. The van der Waals surface area contributed by atoms with E-state index >= 15 is 0 Å². The van der Waals surface area contributed by atoms with E-state index in [-0.39, 0.29) is 5.56 Å². The van der Waals surface area contributed by atoms with Gasteiger partial charge in [0.2, 0.25) is 0 Å². The first kappa shape index (κ1) is 14.5. The number of aliphatic imine (C=N–C) groups is 1. The predicted molar refractivity (Wildman–Crippen MR) is 95.0 cm³/mol. The zero-order chi connectivity index (χ0) is 16.4. The van der Waals surface area contributed by atoms with Crippen LogP contribution >= 0.6 is 0 Å². The van der Waals surface area contributed by atoms with Crippen LogP contribution in [0, 0.1) is 0 Å². The van der Waals surface area contributed by atoms with Gasteiger partial charge >= 0.3 is 0 Å². The van der Waals surface area contributed by atoms with Gasteiger partial charge in [-0.2, -0.15) is 0 Å². The Morgan fingerprint density at radius 1 is 1.08 bits per heavy atom. The molecule has 0 radical (unpaired) electrons. The van der Waals surface area contributed by atoms with E-state index in [0.29, 0.717) is 23.1 Å². The molecule has 0 bridgehead atoms. The Labute approximate surface area is 138 Å². The molecule has 3 aromatic rings. The van der Waals surface area contributed by atoms with Crippen LogP contribution in [0.3, 0.4) is 0 Å². The zero-order valence-corrected chi connectivity index (χ0v) is 13.1. The van der Waals surface area contributed by atoms with Gasteiger partial charge in [-0.3, -0.25) is 14.8 Å². The molecule has 0 unspecified atom stereocenters. The summed E-state index contributed by atoms with van der Waals surface area (Å²) >= 11 is 0. The highest BCUT2D eigenvalue weighted by Gasteiger charge is 2.11. The third-order valence-electron chi connectivity index (χ3n) is 4.09. The van der Waals surface area contributed by atoms with Gasteiger partial charge in [0.25, 0.3) is 5.56 Å². The Morgan fingerprint density at radius 2 is 1.96 bits per heavy atom. The highest BCUT2D eigenvalue weighted by atomic mass is 16.1. The number of benzene rings is 1. The number of pyridine rings is 1. The molecule has 0 amide bonds. The Morgan fingerprint density at radius 3 is 2.83 bits per heavy atom. The summed E-state index contributed by atoms with van der Waals surface area (Å²) in [6, 6.07) is 11.9. The first-order valence-electron chi connectivity index (χ1n) is 7.94. The van der Waals surface area contributed by atoms with Gasteiger partial charge in [-0.05, 0) is 18.1 Å². The van der Waals surface area contributed by atoms with Crippen molar-refractivity contribution < 1.29 is 0 Å². The second kappa shape index (κ2) is 6.20. The molecule has 118 valence electrons. The van der Waals surface area contributed by atoms with Crippen LogP contribution in [0.1, 0.15) is 24.2 Å². The van der Waals surface area contributed by atoms with Gasteiger partial charge in [0, 0.05) is 30.9 Å². The smallest absolute Gasteiger partial charge is 0.260 e. The summed E-state index contributed by atoms with van der Waals surface area (Å²) in [6.45, 7) is 0. The lowest BCUT2D eigenvalue weighted by Gasteiger charge is -2.03. The molecule has 3 heterocycles. The predicted octanol–water partition coefficient (Wildman–Crippen LogP) is 3.14. The number of hydrogen-bond acceptors (Lipinski definition) is 4. The maximum absolute atomic E-state index is 12.1. The molecule has 0 spiro atoms.